The molecule has 0 amide bonds. The highest BCUT2D eigenvalue weighted by Gasteiger charge is 2.25. The molecule has 5 nitrogen and oxygen atoms in total. The molecule has 1 saturated carbocycles. The average Bonchev–Trinajstić information content (AvgIpc) is 3.25. The smallest absolute Gasteiger partial charge is 0.253 e. The monoisotopic (exact) mass is 427 g/mol. The molecule has 1 saturated heterocycles. The summed E-state index contributed by atoms with van der Waals surface area (Å²) in [6.45, 7) is 6.27. The number of pyridine rings is 1. The van der Waals surface area contributed by atoms with Crippen LogP contribution in [0.4, 0.5) is 0 Å². The predicted molar refractivity (Wildman–Crippen MR) is 126 cm³/mol. The first-order chi connectivity index (χ1) is 14.5. The lowest BCUT2D eigenvalue weighted by Crippen LogP contribution is -2.48. The van der Waals surface area contributed by atoms with Gasteiger partial charge in [-0.25, -0.2) is 0 Å². The number of H-pyrrole nitrogens is 1. The number of ether oxygens (including phenoxy) is 1. The first kappa shape index (κ1) is 21.3. The fourth-order valence-corrected chi connectivity index (χ4v) is 5.20. The summed E-state index contributed by atoms with van der Waals surface area (Å²) in [5.74, 6) is 0. The third-order valence-corrected chi connectivity index (χ3v) is 6.87. The summed E-state index contributed by atoms with van der Waals surface area (Å²) in [7, 11) is 0. The molecule has 6 heteroatoms. The number of aromatic amines is 1. The maximum Gasteiger partial charge on any atom is 0.253 e. The summed E-state index contributed by atoms with van der Waals surface area (Å²) in [5, 5.41) is 5.27. The maximum absolute atomic E-state index is 12.9. The Kier molecular flexibility index (Phi) is 6.74. The van der Waals surface area contributed by atoms with Gasteiger partial charge in [-0.3, -0.25) is 4.79 Å². The van der Waals surface area contributed by atoms with Crippen molar-refractivity contribution in [2.45, 2.75) is 77.5 Å². The highest BCUT2D eigenvalue weighted by molar-refractivity contribution is 7.80. The Morgan fingerprint density at radius 1 is 1.17 bits per heavy atom. The number of thiocarbonyl (C=S) groups is 1. The number of aryl methyl sites for hydroxylation is 2. The van der Waals surface area contributed by atoms with E-state index in [0.717, 1.165) is 66.0 Å². The van der Waals surface area contributed by atoms with E-state index in [1.165, 1.54) is 24.8 Å². The molecule has 0 spiro atoms. The standard InChI is InChI=1S/C24H33N3O2S/c1-16-11-17(2)22-18(12-16)13-19(23(28)26-22)15-27(20-7-4-3-5-8-20)24(30)25-14-21-9-6-10-29-21/h11-13,20-21H,3-10,14-15H2,1-2H3,(H,25,30)(H,26,28)/t21-/m1/s1. The molecule has 1 atom stereocenters. The second-order valence-corrected chi connectivity index (χ2v) is 9.30. The minimum absolute atomic E-state index is 0.0165. The Morgan fingerprint density at radius 2 is 1.97 bits per heavy atom. The van der Waals surface area contributed by atoms with Crippen LogP contribution in [0, 0.1) is 13.8 Å². The number of aromatic nitrogens is 1. The van der Waals surface area contributed by atoms with Gasteiger partial charge in [0.05, 0.1) is 18.2 Å². The number of rotatable bonds is 5. The largest absolute Gasteiger partial charge is 0.376 e. The number of benzene rings is 1. The second-order valence-electron chi connectivity index (χ2n) is 8.91. The lowest BCUT2D eigenvalue weighted by atomic mass is 9.94. The van der Waals surface area contributed by atoms with Gasteiger partial charge in [0.1, 0.15) is 0 Å². The summed E-state index contributed by atoms with van der Waals surface area (Å²) in [6.07, 6.45) is 8.45. The van der Waals surface area contributed by atoms with Crippen molar-refractivity contribution in [1.82, 2.24) is 15.2 Å². The van der Waals surface area contributed by atoms with Crippen molar-refractivity contribution in [2.75, 3.05) is 13.2 Å². The summed E-state index contributed by atoms with van der Waals surface area (Å²) in [6, 6.07) is 6.68. The van der Waals surface area contributed by atoms with Gasteiger partial charge in [-0.2, -0.15) is 0 Å². The van der Waals surface area contributed by atoms with Crippen LogP contribution in [0.1, 0.15) is 61.6 Å². The molecule has 0 unspecified atom stereocenters. The van der Waals surface area contributed by atoms with Gasteiger partial charge in [-0.15, -0.1) is 0 Å². The minimum Gasteiger partial charge on any atom is -0.376 e. The van der Waals surface area contributed by atoms with Crippen LogP contribution >= 0.6 is 12.2 Å². The van der Waals surface area contributed by atoms with E-state index >= 15 is 0 Å². The zero-order chi connectivity index (χ0) is 21.1. The number of hydrogen-bond donors (Lipinski definition) is 2. The van der Waals surface area contributed by atoms with Crippen LogP contribution in [0.2, 0.25) is 0 Å². The fourth-order valence-electron chi connectivity index (χ4n) is 4.90. The summed E-state index contributed by atoms with van der Waals surface area (Å²) in [5.41, 5.74) is 4.00. The molecule has 2 aliphatic rings. The summed E-state index contributed by atoms with van der Waals surface area (Å²) in [4.78, 5) is 18.3. The van der Waals surface area contributed by atoms with Crippen LogP contribution in [-0.4, -0.2) is 40.3 Å². The Bertz CT molecular complexity index is 959. The van der Waals surface area contributed by atoms with Gasteiger partial charge in [0.25, 0.3) is 5.56 Å². The van der Waals surface area contributed by atoms with Crippen LogP contribution in [0.25, 0.3) is 10.9 Å². The molecular weight excluding hydrogens is 394 g/mol. The van der Waals surface area contributed by atoms with Crippen LogP contribution in [0.3, 0.4) is 0 Å². The number of nitrogens with zero attached hydrogens (tertiary/aromatic N) is 1. The quantitative estimate of drug-likeness (QED) is 0.696. The molecule has 0 radical (unpaired) electrons. The first-order valence-electron chi connectivity index (χ1n) is 11.3. The van der Waals surface area contributed by atoms with E-state index in [1.54, 1.807) is 0 Å². The number of nitrogens with one attached hydrogen (secondary N) is 2. The van der Waals surface area contributed by atoms with E-state index < -0.39 is 0 Å². The van der Waals surface area contributed by atoms with E-state index in [1.807, 2.05) is 13.0 Å². The topological polar surface area (TPSA) is 57.4 Å². The molecule has 1 aliphatic heterocycles. The van der Waals surface area contributed by atoms with Crippen molar-refractivity contribution in [3.63, 3.8) is 0 Å². The zero-order valence-electron chi connectivity index (χ0n) is 18.1. The molecule has 162 valence electrons. The third kappa shape index (κ3) is 4.86. The second kappa shape index (κ2) is 9.48. The Labute approximate surface area is 184 Å². The SMILES string of the molecule is Cc1cc(C)c2[nH]c(=O)c(CN(C(=S)NC[C@H]3CCCO3)C3CCCCC3)cc2c1. The Hall–Kier alpha value is -1.92. The van der Waals surface area contributed by atoms with Gasteiger partial charge in [0.15, 0.2) is 5.11 Å². The number of hydrogen-bond acceptors (Lipinski definition) is 3. The molecule has 1 aromatic heterocycles. The molecule has 30 heavy (non-hydrogen) atoms. The molecule has 2 heterocycles. The van der Waals surface area contributed by atoms with Crippen molar-refractivity contribution in [3.8, 4) is 0 Å². The van der Waals surface area contributed by atoms with Crippen molar-refractivity contribution in [1.29, 1.82) is 0 Å². The Balaban J connectivity index is 1.58. The van der Waals surface area contributed by atoms with E-state index in [9.17, 15) is 4.79 Å². The molecule has 2 N–H and O–H groups in total. The lowest BCUT2D eigenvalue weighted by Gasteiger charge is -2.36. The maximum atomic E-state index is 12.9. The van der Waals surface area contributed by atoms with Crippen molar-refractivity contribution >= 4 is 28.2 Å². The van der Waals surface area contributed by atoms with E-state index in [0.29, 0.717) is 12.6 Å². The molecule has 0 bridgehead atoms. The van der Waals surface area contributed by atoms with Crippen LogP contribution in [0.15, 0.2) is 23.0 Å². The molecule has 2 fully saturated rings. The zero-order valence-corrected chi connectivity index (χ0v) is 18.9. The average molecular weight is 428 g/mol. The Morgan fingerprint density at radius 3 is 2.70 bits per heavy atom. The van der Waals surface area contributed by atoms with Gasteiger partial charge in [0, 0.05) is 24.8 Å². The van der Waals surface area contributed by atoms with Crippen LogP contribution in [0.5, 0.6) is 0 Å². The number of fused-ring (bicyclic) bond motifs is 1. The normalized spacial score (nSPS) is 19.9. The van der Waals surface area contributed by atoms with E-state index in [2.05, 4.69) is 34.3 Å². The molecule has 1 aliphatic carbocycles. The highest BCUT2D eigenvalue weighted by atomic mass is 32.1. The van der Waals surface area contributed by atoms with Gasteiger partial charge in [0.2, 0.25) is 0 Å². The molecule has 4 rings (SSSR count). The van der Waals surface area contributed by atoms with Crippen LogP contribution < -0.4 is 10.9 Å². The fraction of sp³-hybridized carbons (Fsp3) is 0.583. The first-order valence-corrected chi connectivity index (χ1v) is 11.7. The van der Waals surface area contributed by atoms with Crippen molar-refractivity contribution < 1.29 is 4.74 Å². The molecule has 1 aromatic carbocycles. The predicted octanol–water partition coefficient (Wildman–Crippen LogP) is 4.33. The summed E-state index contributed by atoms with van der Waals surface area (Å²) >= 11 is 5.82. The lowest BCUT2D eigenvalue weighted by molar-refractivity contribution is 0.112. The third-order valence-electron chi connectivity index (χ3n) is 6.49. The van der Waals surface area contributed by atoms with Gasteiger partial charge in [-0.1, -0.05) is 30.9 Å². The summed E-state index contributed by atoms with van der Waals surface area (Å²) < 4.78 is 5.74. The van der Waals surface area contributed by atoms with Crippen LogP contribution in [-0.2, 0) is 11.3 Å². The van der Waals surface area contributed by atoms with E-state index in [4.69, 9.17) is 17.0 Å². The van der Waals surface area contributed by atoms with Gasteiger partial charge >= 0.3 is 0 Å². The van der Waals surface area contributed by atoms with Crippen molar-refractivity contribution in [3.05, 3.63) is 45.2 Å². The molecular formula is C24H33N3O2S. The van der Waals surface area contributed by atoms with Gasteiger partial charge in [-0.05, 0) is 74.8 Å². The van der Waals surface area contributed by atoms with Gasteiger partial charge < -0.3 is 19.9 Å². The molecule has 2 aromatic rings. The minimum atomic E-state index is -0.0165. The van der Waals surface area contributed by atoms with Crippen molar-refractivity contribution in [2.24, 2.45) is 0 Å². The van der Waals surface area contributed by atoms with E-state index in [-0.39, 0.29) is 11.7 Å². The highest BCUT2D eigenvalue weighted by Crippen LogP contribution is 2.25.